The van der Waals surface area contributed by atoms with Gasteiger partial charge in [0.2, 0.25) is 0 Å². The van der Waals surface area contributed by atoms with Crippen molar-refractivity contribution in [1.82, 2.24) is 8.75 Å². The smallest absolute Gasteiger partial charge is 0.0913 e. The van der Waals surface area contributed by atoms with Crippen LogP contribution in [0.5, 0.6) is 0 Å². The number of aromatic nitrogens is 2. The van der Waals surface area contributed by atoms with Crippen LogP contribution in [-0.4, -0.2) is 8.75 Å². The van der Waals surface area contributed by atoms with Crippen LogP contribution in [0.1, 0.15) is 28.4 Å². The summed E-state index contributed by atoms with van der Waals surface area (Å²) in [4.78, 5) is 0. The third-order valence-electron chi connectivity index (χ3n) is 2.70. The zero-order chi connectivity index (χ0) is 11.5. The Morgan fingerprint density at radius 3 is 2.88 bits per heavy atom. The fraction of sp³-hybridized carbons (Fsp3) is 0.333. The molecular formula is C12H15N3S. The van der Waals surface area contributed by atoms with Crippen molar-refractivity contribution in [3.63, 3.8) is 0 Å². The van der Waals surface area contributed by atoms with Gasteiger partial charge < -0.3 is 5.73 Å². The van der Waals surface area contributed by atoms with E-state index in [0.29, 0.717) is 0 Å². The quantitative estimate of drug-likeness (QED) is 0.885. The van der Waals surface area contributed by atoms with E-state index < -0.39 is 0 Å². The van der Waals surface area contributed by atoms with Gasteiger partial charge in [0.05, 0.1) is 29.7 Å². The molecule has 0 saturated heterocycles. The summed E-state index contributed by atoms with van der Waals surface area (Å²) in [6.45, 7) is 4.21. The molecule has 1 aromatic heterocycles. The molecule has 2 rings (SSSR count). The Morgan fingerprint density at radius 1 is 1.38 bits per heavy atom. The fourth-order valence-corrected chi connectivity index (χ4v) is 2.18. The van der Waals surface area contributed by atoms with Gasteiger partial charge in [-0.3, -0.25) is 0 Å². The monoisotopic (exact) mass is 233 g/mol. The predicted molar refractivity (Wildman–Crippen MR) is 66.5 cm³/mol. The highest BCUT2D eigenvalue weighted by Gasteiger charge is 2.11. The minimum absolute atomic E-state index is 0.0563. The molecule has 2 aromatic rings. The van der Waals surface area contributed by atoms with Crippen LogP contribution >= 0.6 is 11.7 Å². The second kappa shape index (κ2) is 4.72. The molecule has 3 nitrogen and oxygen atoms in total. The maximum atomic E-state index is 6.09. The van der Waals surface area contributed by atoms with E-state index in [9.17, 15) is 0 Å². The molecule has 0 aliphatic heterocycles. The first kappa shape index (κ1) is 11.2. The molecule has 0 fully saturated rings. The van der Waals surface area contributed by atoms with Gasteiger partial charge in [-0.15, -0.1) is 0 Å². The van der Waals surface area contributed by atoms with Crippen LogP contribution in [0.25, 0.3) is 0 Å². The number of hydrogen-bond acceptors (Lipinski definition) is 4. The van der Waals surface area contributed by atoms with Crippen molar-refractivity contribution >= 4 is 11.7 Å². The molecule has 1 heterocycles. The lowest BCUT2D eigenvalue weighted by Gasteiger charge is -2.11. The molecule has 0 amide bonds. The van der Waals surface area contributed by atoms with E-state index >= 15 is 0 Å². The second-order valence-corrected chi connectivity index (χ2v) is 4.63. The number of benzene rings is 1. The van der Waals surface area contributed by atoms with Crippen LogP contribution < -0.4 is 5.73 Å². The summed E-state index contributed by atoms with van der Waals surface area (Å²) in [5, 5.41) is 0. The van der Waals surface area contributed by atoms with Crippen LogP contribution in [0.4, 0.5) is 0 Å². The lowest BCUT2D eigenvalue weighted by molar-refractivity contribution is 0.701. The van der Waals surface area contributed by atoms with Crippen LogP contribution in [-0.2, 0) is 6.42 Å². The minimum Gasteiger partial charge on any atom is -0.322 e. The standard InChI is InChI=1S/C12H15N3S/c1-8-3-4-9(2)10(5-8)6-11(13)12-7-14-16-15-12/h3-5,7,11H,6,13H2,1-2H3. The van der Waals surface area contributed by atoms with Gasteiger partial charge in [-0.2, -0.15) is 8.75 Å². The SMILES string of the molecule is Cc1ccc(C)c(CC(N)c2cnsn2)c1. The first-order valence-electron chi connectivity index (χ1n) is 5.26. The van der Waals surface area contributed by atoms with Crippen molar-refractivity contribution in [3.05, 3.63) is 46.8 Å². The third kappa shape index (κ3) is 2.46. The van der Waals surface area contributed by atoms with Crippen LogP contribution in [0.15, 0.2) is 24.4 Å². The van der Waals surface area contributed by atoms with E-state index in [2.05, 4.69) is 40.8 Å². The fourth-order valence-electron chi connectivity index (χ4n) is 1.70. The highest BCUT2D eigenvalue weighted by atomic mass is 32.1. The Labute approximate surface area is 99.6 Å². The van der Waals surface area contributed by atoms with E-state index in [1.807, 2.05) is 0 Å². The summed E-state index contributed by atoms with van der Waals surface area (Å²) >= 11 is 1.21. The summed E-state index contributed by atoms with van der Waals surface area (Å²) in [6.07, 6.45) is 2.57. The van der Waals surface area contributed by atoms with E-state index in [4.69, 9.17) is 5.73 Å². The average molecular weight is 233 g/mol. The van der Waals surface area contributed by atoms with Crippen molar-refractivity contribution in [2.75, 3.05) is 0 Å². The van der Waals surface area contributed by atoms with E-state index in [-0.39, 0.29) is 6.04 Å². The largest absolute Gasteiger partial charge is 0.322 e. The molecule has 16 heavy (non-hydrogen) atoms. The normalized spacial score (nSPS) is 12.7. The molecule has 1 unspecified atom stereocenters. The van der Waals surface area contributed by atoms with E-state index in [1.54, 1.807) is 6.20 Å². The summed E-state index contributed by atoms with van der Waals surface area (Å²) in [6, 6.07) is 6.39. The van der Waals surface area contributed by atoms with Crippen molar-refractivity contribution in [3.8, 4) is 0 Å². The van der Waals surface area contributed by atoms with Crippen LogP contribution in [0.3, 0.4) is 0 Å². The molecule has 84 valence electrons. The first-order chi connectivity index (χ1) is 7.66. The molecule has 0 aliphatic rings. The van der Waals surface area contributed by atoms with Crippen molar-refractivity contribution in [2.24, 2.45) is 5.73 Å². The van der Waals surface area contributed by atoms with Gasteiger partial charge in [-0.25, -0.2) is 0 Å². The summed E-state index contributed by atoms with van der Waals surface area (Å²) in [5.41, 5.74) is 10.8. The van der Waals surface area contributed by atoms with Crippen molar-refractivity contribution in [2.45, 2.75) is 26.3 Å². The number of rotatable bonds is 3. The number of aryl methyl sites for hydroxylation is 2. The minimum atomic E-state index is -0.0563. The molecule has 0 radical (unpaired) electrons. The number of nitrogens with zero attached hydrogens (tertiary/aromatic N) is 2. The molecule has 0 spiro atoms. The summed E-state index contributed by atoms with van der Waals surface area (Å²) < 4.78 is 8.15. The Balaban J connectivity index is 2.17. The van der Waals surface area contributed by atoms with Crippen molar-refractivity contribution < 1.29 is 0 Å². The van der Waals surface area contributed by atoms with Gasteiger partial charge in [-0.05, 0) is 31.4 Å². The van der Waals surface area contributed by atoms with Crippen molar-refractivity contribution in [1.29, 1.82) is 0 Å². The molecule has 0 saturated carbocycles. The Bertz CT molecular complexity index is 465. The van der Waals surface area contributed by atoms with Gasteiger partial charge >= 0.3 is 0 Å². The van der Waals surface area contributed by atoms with Gasteiger partial charge in [0.25, 0.3) is 0 Å². The number of hydrogen-bond donors (Lipinski definition) is 1. The molecule has 0 aliphatic carbocycles. The van der Waals surface area contributed by atoms with Gasteiger partial charge in [0.15, 0.2) is 0 Å². The highest BCUT2D eigenvalue weighted by molar-refractivity contribution is 6.99. The highest BCUT2D eigenvalue weighted by Crippen LogP contribution is 2.18. The molecule has 4 heteroatoms. The number of nitrogens with two attached hydrogens (primary N) is 1. The molecule has 1 aromatic carbocycles. The van der Waals surface area contributed by atoms with Gasteiger partial charge in [0.1, 0.15) is 0 Å². The zero-order valence-electron chi connectivity index (χ0n) is 9.47. The predicted octanol–water partition coefficient (Wildman–Crippen LogP) is 2.40. The summed E-state index contributed by atoms with van der Waals surface area (Å²) in [7, 11) is 0. The Morgan fingerprint density at radius 2 is 2.19 bits per heavy atom. The molecular weight excluding hydrogens is 218 g/mol. The topological polar surface area (TPSA) is 51.8 Å². The zero-order valence-corrected chi connectivity index (χ0v) is 10.3. The van der Waals surface area contributed by atoms with Crippen LogP contribution in [0.2, 0.25) is 0 Å². The van der Waals surface area contributed by atoms with Crippen LogP contribution in [0, 0.1) is 13.8 Å². The maximum absolute atomic E-state index is 6.09. The average Bonchev–Trinajstić information content (AvgIpc) is 2.76. The summed E-state index contributed by atoms with van der Waals surface area (Å²) in [5.74, 6) is 0. The van der Waals surface area contributed by atoms with E-state index in [1.165, 1.54) is 28.4 Å². The first-order valence-corrected chi connectivity index (χ1v) is 5.99. The Kier molecular flexibility index (Phi) is 3.31. The third-order valence-corrected chi connectivity index (χ3v) is 3.19. The lowest BCUT2D eigenvalue weighted by atomic mass is 9.98. The van der Waals surface area contributed by atoms with E-state index in [0.717, 1.165) is 12.1 Å². The maximum Gasteiger partial charge on any atom is 0.0913 e. The van der Waals surface area contributed by atoms with Gasteiger partial charge in [-0.1, -0.05) is 23.8 Å². The lowest BCUT2D eigenvalue weighted by Crippen LogP contribution is -2.14. The van der Waals surface area contributed by atoms with Gasteiger partial charge in [0, 0.05) is 0 Å². The Hall–Kier alpha value is -1.26. The molecule has 0 bridgehead atoms. The second-order valence-electron chi connectivity index (χ2n) is 4.07. The molecule has 1 atom stereocenters. The molecule has 2 N–H and O–H groups in total.